The molecule has 0 aliphatic heterocycles. The van der Waals surface area contributed by atoms with Crippen LogP contribution >= 0.6 is 11.3 Å². The molecule has 7 heteroatoms. The summed E-state index contributed by atoms with van der Waals surface area (Å²) in [4.78, 5) is 19.2. The third-order valence-corrected chi connectivity index (χ3v) is 2.45. The summed E-state index contributed by atoms with van der Waals surface area (Å²) in [7, 11) is 0. The second-order valence-corrected chi connectivity index (χ2v) is 3.79. The van der Waals surface area contributed by atoms with Crippen LogP contribution in [0.4, 0.5) is 10.9 Å². The molecule has 16 heavy (non-hydrogen) atoms. The third kappa shape index (κ3) is 2.09. The SMILES string of the molecule is Nc1nc(C(=O)Nc2ncccc2O)cs1. The molecule has 6 nitrogen and oxygen atoms in total. The first-order valence-corrected chi connectivity index (χ1v) is 5.21. The average Bonchev–Trinajstić information content (AvgIpc) is 2.68. The van der Waals surface area contributed by atoms with Crippen LogP contribution in [0, 0.1) is 0 Å². The molecule has 2 aromatic rings. The number of thiazole rings is 1. The van der Waals surface area contributed by atoms with E-state index in [0.717, 1.165) is 0 Å². The molecule has 0 fully saturated rings. The maximum absolute atomic E-state index is 11.6. The van der Waals surface area contributed by atoms with E-state index in [-0.39, 0.29) is 17.3 Å². The van der Waals surface area contributed by atoms with E-state index >= 15 is 0 Å². The number of nitrogens with two attached hydrogens (primary N) is 1. The van der Waals surface area contributed by atoms with Gasteiger partial charge in [0.05, 0.1) is 0 Å². The maximum Gasteiger partial charge on any atom is 0.276 e. The Labute approximate surface area is 94.8 Å². The van der Waals surface area contributed by atoms with Gasteiger partial charge in [0.1, 0.15) is 5.69 Å². The number of carbonyl (C=O) groups is 1. The predicted molar refractivity (Wildman–Crippen MR) is 60.4 cm³/mol. The molecule has 0 radical (unpaired) electrons. The molecule has 0 saturated carbocycles. The van der Waals surface area contributed by atoms with Crippen LogP contribution in [0.5, 0.6) is 5.75 Å². The van der Waals surface area contributed by atoms with Crippen molar-refractivity contribution in [3.8, 4) is 5.75 Å². The monoisotopic (exact) mass is 236 g/mol. The quantitative estimate of drug-likeness (QED) is 0.724. The van der Waals surface area contributed by atoms with Crippen molar-refractivity contribution in [3.05, 3.63) is 29.4 Å². The van der Waals surface area contributed by atoms with Gasteiger partial charge in [-0.25, -0.2) is 9.97 Å². The number of hydrogen-bond acceptors (Lipinski definition) is 6. The largest absolute Gasteiger partial charge is 0.504 e. The lowest BCUT2D eigenvalue weighted by Crippen LogP contribution is -2.13. The average molecular weight is 236 g/mol. The highest BCUT2D eigenvalue weighted by atomic mass is 32.1. The van der Waals surface area contributed by atoms with Gasteiger partial charge < -0.3 is 16.2 Å². The van der Waals surface area contributed by atoms with Gasteiger partial charge in [0.25, 0.3) is 5.91 Å². The number of nitrogens with one attached hydrogen (secondary N) is 1. The summed E-state index contributed by atoms with van der Waals surface area (Å²) >= 11 is 1.17. The van der Waals surface area contributed by atoms with Crippen LogP contribution in [0.1, 0.15) is 10.5 Å². The molecule has 2 rings (SSSR count). The number of hydrogen-bond donors (Lipinski definition) is 3. The van der Waals surface area contributed by atoms with Crippen LogP contribution < -0.4 is 11.1 Å². The Bertz CT molecular complexity index is 526. The minimum Gasteiger partial charge on any atom is -0.504 e. The maximum atomic E-state index is 11.6. The topological polar surface area (TPSA) is 101 Å². The van der Waals surface area contributed by atoms with Crippen molar-refractivity contribution < 1.29 is 9.90 Å². The highest BCUT2D eigenvalue weighted by molar-refractivity contribution is 7.13. The molecule has 0 bridgehead atoms. The minimum absolute atomic E-state index is 0.0964. The summed E-state index contributed by atoms with van der Waals surface area (Å²) in [6.45, 7) is 0. The molecule has 0 atom stereocenters. The van der Waals surface area contributed by atoms with E-state index < -0.39 is 5.91 Å². The van der Waals surface area contributed by atoms with Crippen LogP contribution in [0.15, 0.2) is 23.7 Å². The Kier molecular flexibility index (Phi) is 2.69. The number of nitrogens with zero attached hydrogens (tertiary/aromatic N) is 2. The number of aromatic nitrogens is 2. The van der Waals surface area contributed by atoms with Crippen molar-refractivity contribution in [2.45, 2.75) is 0 Å². The Morgan fingerprint density at radius 2 is 2.38 bits per heavy atom. The minimum atomic E-state index is -0.457. The molecule has 0 spiro atoms. The van der Waals surface area contributed by atoms with Crippen molar-refractivity contribution in [1.29, 1.82) is 0 Å². The first-order chi connectivity index (χ1) is 7.66. The molecule has 1 amide bonds. The molecule has 0 unspecified atom stereocenters. The smallest absolute Gasteiger partial charge is 0.276 e. The van der Waals surface area contributed by atoms with Gasteiger partial charge in [-0.3, -0.25) is 4.79 Å². The first-order valence-electron chi connectivity index (χ1n) is 4.33. The normalized spacial score (nSPS) is 10.0. The zero-order valence-corrected chi connectivity index (χ0v) is 8.86. The third-order valence-electron chi connectivity index (χ3n) is 1.77. The van der Waals surface area contributed by atoms with Gasteiger partial charge in [0, 0.05) is 11.6 Å². The summed E-state index contributed by atoms with van der Waals surface area (Å²) in [5.41, 5.74) is 5.60. The highest BCUT2D eigenvalue weighted by Crippen LogP contribution is 2.19. The number of amides is 1. The fraction of sp³-hybridized carbons (Fsp3) is 0. The van der Waals surface area contributed by atoms with Gasteiger partial charge in [0.15, 0.2) is 16.7 Å². The van der Waals surface area contributed by atoms with E-state index in [2.05, 4.69) is 15.3 Å². The summed E-state index contributed by atoms with van der Waals surface area (Å²) in [6.07, 6.45) is 1.46. The van der Waals surface area contributed by atoms with E-state index in [0.29, 0.717) is 5.13 Å². The lowest BCUT2D eigenvalue weighted by atomic mass is 10.4. The second kappa shape index (κ2) is 4.15. The molecule has 2 aromatic heterocycles. The van der Waals surface area contributed by atoms with Crippen molar-refractivity contribution in [3.63, 3.8) is 0 Å². The standard InChI is InChI=1S/C9H8N4O2S/c10-9-12-5(4-16-9)8(15)13-7-6(14)2-1-3-11-7/h1-4,14H,(H2,10,12)(H,11,13,15). The lowest BCUT2D eigenvalue weighted by molar-refractivity contribution is 0.102. The van der Waals surface area contributed by atoms with Crippen LogP contribution in [-0.4, -0.2) is 21.0 Å². The van der Waals surface area contributed by atoms with E-state index in [1.54, 1.807) is 6.07 Å². The number of rotatable bonds is 2. The Morgan fingerprint density at radius 1 is 1.56 bits per heavy atom. The molecule has 0 aromatic carbocycles. The van der Waals surface area contributed by atoms with Crippen molar-refractivity contribution in [1.82, 2.24) is 9.97 Å². The van der Waals surface area contributed by atoms with Gasteiger partial charge in [-0.2, -0.15) is 0 Å². The zero-order chi connectivity index (χ0) is 11.5. The molecule has 2 heterocycles. The fourth-order valence-electron chi connectivity index (χ4n) is 1.06. The molecule has 0 aliphatic carbocycles. The van der Waals surface area contributed by atoms with E-state index in [1.165, 1.54) is 29.0 Å². The summed E-state index contributed by atoms with van der Waals surface area (Å²) in [6, 6.07) is 2.99. The molecule has 0 saturated heterocycles. The Morgan fingerprint density at radius 3 is 3.00 bits per heavy atom. The summed E-state index contributed by atoms with van der Waals surface area (Å²) in [5.74, 6) is -0.458. The zero-order valence-electron chi connectivity index (χ0n) is 8.04. The second-order valence-electron chi connectivity index (χ2n) is 2.90. The van der Waals surface area contributed by atoms with Gasteiger partial charge in [0.2, 0.25) is 0 Å². The first kappa shape index (κ1) is 10.4. The number of carbonyl (C=O) groups excluding carboxylic acids is 1. The van der Waals surface area contributed by atoms with Gasteiger partial charge in [-0.15, -0.1) is 11.3 Å². The molecule has 82 valence electrons. The van der Waals surface area contributed by atoms with Crippen molar-refractivity contribution in [2.75, 3.05) is 11.1 Å². The summed E-state index contributed by atoms with van der Waals surface area (Å²) < 4.78 is 0. The number of pyridine rings is 1. The summed E-state index contributed by atoms with van der Waals surface area (Å²) in [5, 5.41) is 13.7. The van der Waals surface area contributed by atoms with Crippen LogP contribution in [0.3, 0.4) is 0 Å². The van der Waals surface area contributed by atoms with E-state index in [9.17, 15) is 9.90 Å². The van der Waals surface area contributed by atoms with Crippen LogP contribution in [0.2, 0.25) is 0 Å². The number of anilines is 2. The lowest BCUT2D eigenvalue weighted by Gasteiger charge is -2.03. The number of aromatic hydroxyl groups is 1. The van der Waals surface area contributed by atoms with Gasteiger partial charge >= 0.3 is 0 Å². The molecule has 4 N–H and O–H groups in total. The van der Waals surface area contributed by atoms with Crippen molar-refractivity contribution >= 4 is 28.2 Å². The molecule has 0 aliphatic rings. The van der Waals surface area contributed by atoms with Gasteiger partial charge in [-0.05, 0) is 12.1 Å². The van der Waals surface area contributed by atoms with Crippen LogP contribution in [-0.2, 0) is 0 Å². The van der Waals surface area contributed by atoms with E-state index in [1.807, 2.05) is 0 Å². The number of nitrogen functional groups attached to an aromatic ring is 1. The Hall–Kier alpha value is -2.15. The molecular formula is C9H8N4O2S. The van der Waals surface area contributed by atoms with E-state index in [4.69, 9.17) is 5.73 Å². The van der Waals surface area contributed by atoms with Gasteiger partial charge in [-0.1, -0.05) is 0 Å². The highest BCUT2D eigenvalue weighted by Gasteiger charge is 2.12. The predicted octanol–water partition coefficient (Wildman–Crippen LogP) is 1.08. The Balaban J connectivity index is 2.17. The fourth-order valence-corrected chi connectivity index (χ4v) is 1.60. The molecular weight excluding hydrogens is 228 g/mol. The van der Waals surface area contributed by atoms with Crippen LogP contribution in [0.25, 0.3) is 0 Å². The van der Waals surface area contributed by atoms with Crippen molar-refractivity contribution in [2.24, 2.45) is 0 Å².